The third-order valence-electron chi connectivity index (χ3n) is 2.62. The van der Waals surface area contributed by atoms with Crippen LogP contribution in [-0.2, 0) is 6.54 Å². The number of halogens is 1. The lowest BCUT2D eigenvalue weighted by Crippen LogP contribution is -2.42. The third-order valence-corrected chi connectivity index (χ3v) is 3.22. The summed E-state index contributed by atoms with van der Waals surface area (Å²) < 4.78 is 2.41. The Kier molecular flexibility index (Phi) is 3.03. The van der Waals surface area contributed by atoms with Gasteiger partial charge in [-0.3, -0.25) is 4.79 Å². The van der Waals surface area contributed by atoms with Crippen molar-refractivity contribution in [3.8, 4) is 0 Å². The maximum Gasteiger partial charge on any atom is 0.264 e. The molecule has 1 aliphatic rings. The summed E-state index contributed by atoms with van der Waals surface area (Å²) in [6, 6.07) is 3.67. The van der Waals surface area contributed by atoms with Crippen molar-refractivity contribution in [3.63, 3.8) is 0 Å². The van der Waals surface area contributed by atoms with Crippen LogP contribution >= 0.6 is 15.9 Å². The van der Waals surface area contributed by atoms with Crippen LogP contribution in [-0.4, -0.2) is 17.7 Å². The molecule has 1 aliphatic heterocycles. The number of nitrogens with zero attached hydrogens (tertiary/aromatic N) is 1. The van der Waals surface area contributed by atoms with Gasteiger partial charge < -0.3 is 9.88 Å². The molecule has 0 aromatic carbocycles. The molecule has 0 bridgehead atoms. The Balaban J connectivity index is 2.01. The van der Waals surface area contributed by atoms with Crippen LogP contribution in [0.2, 0.25) is 0 Å². The van der Waals surface area contributed by atoms with E-state index in [1.807, 2.05) is 12.3 Å². The fraction of sp³-hybridized carbons (Fsp3) is 0.500. The minimum atomic E-state index is 0.0692. The highest BCUT2D eigenvalue weighted by Crippen LogP contribution is 2.09. The minimum absolute atomic E-state index is 0.0692. The van der Waals surface area contributed by atoms with Gasteiger partial charge in [-0.2, -0.15) is 0 Å². The fourth-order valence-electron chi connectivity index (χ4n) is 1.56. The summed E-state index contributed by atoms with van der Waals surface area (Å²) in [5, 5.41) is 3.23. The van der Waals surface area contributed by atoms with Crippen LogP contribution < -0.4 is 10.9 Å². The van der Waals surface area contributed by atoms with Gasteiger partial charge in [-0.05, 0) is 53.5 Å². The summed E-state index contributed by atoms with van der Waals surface area (Å²) in [7, 11) is 0. The van der Waals surface area contributed by atoms with E-state index >= 15 is 0 Å². The van der Waals surface area contributed by atoms with E-state index in [9.17, 15) is 4.79 Å². The summed E-state index contributed by atoms with van der Waals surface area (Å²) >= 11 is 3.24. The normalized spacial score (nSPS) is 16.6. The zero-order valence-corrected chi connectivity index (χ0v) is 9.46. The molecule has 3 nitrogen and oxygen atoms in total. The van der Waals surface area contributed by atoms with Gasteiger partial charge in [0.2, 0.25) is 0 Å². The molecule has 1 saturated heterocycles. The van der Waals surface area contributed by atoms with E-state index < -0.39 is 0 Å². The molecule has 0 amide bonds. The quantitative estimate of drug-likeness (QED) is 0.883. The molecule has 0 atom stereocenters. The highest BCUT2D eigenvalue weighted by molar-refractivity contribution is 9.10. The lowest BCUT2D eigenvalue weighted by Gasteiger charge is -2.27. The molecule has 2 rings (SSSR count). The lowest BCUT2D eigenvalue weighted by atomic mass is 9.99. The molecule has 1 fully saturated rings. The van der Waals surface area contributed by atoms with E-state index in [0.717, 1.165) is 32.0 Å². The van der Waals surface area contributed by atoms with Crippen molar-refractivity contribution in [1.82, 2.24) is 9.88 Å². The first-order valence-electron chi connectivity index (χ1n) is 4.83. The maximum absolute atomic E-state index is 11.6. The van der Waals surface area contributed by atoms with Crippen molar-refractivity contribution >= 4 is 15.9 Å². The van der Waals surface area contributed by atoms with Crippen molar-refractivity contribution < 1.29 is 0 Å². The van der Waals surface area contributed by atoms with Crippen LogP contribution in [0, 0.1) is 5.92 Å². The zero-order chi connectivity index (χ0) is 9.97. The Hall–Kier alpha value is -0.610. The van der Waals surface area contributed by atoms with Gasteiger partial charge in [-0.1, -0.05) is 0 Å². The highest BCUT2D eigenvalue weighted by Gasteiger charge is 2.16. The molecule has 1 N–H and O–H groups in total. The number of hydrogen-bond acceptors (Lipinski definition) is 2. The summed E-state index contributed by atoms with van der Waals surface area (Å²) in [6.45, 7) is 3.02. The number of nitrogens with one attached hydrogen (secondary N) is 1. The Morgan fingerprint density at radius 1 is 1.57 bits per heavy atom. The molecule has 0 aliphatic carbocycles. The first-order valence-corrected chi connectivity index (χ1v) is 5.62. The maximum atomic E-state index is 11.6. The smallest absolute Gasteiger partial charge is 0.264 e. The van der Waals surface area contributed by atoms with Gasteiger partial charge in [-0.25, -0.2) is 0 Å². The second-order valence-corrected chi connectivity index (χ2v) is 4.52. The third kappa shape index (κ3) is 2.07. The first kappa shape index (κ1) is 9.93. The number of aryl methyl sites for hydroxylation is 1. The van der Waals surface area contributed by atoms with Crippen LogP contribution in [0.3, 0.4) is 0 Å². The monoisotopic (exact) mass is 256 g/mol. The summed E-state index contributed by atoms with van der Waals surface area (Å²) in [6.07, 6.45) is 2.93. The van der Waals surface area contributed by atoms with Crippen LogP contribution in [0.25, 0.3) is 0 Å². The Morgan fingerprint density at radius 3 is 3.00 bits per heavy atom. The molecule has 0 unspecified atom stereocenters. The Labute approximate surface area is 91.3 Å². The number of pyridine rings is 1. The second-order valence-electron chi connectivity index (χ2n) is 3.67. The molecule has 0 saturated carbocycles. The van der Waals surface area contributed by atoms with Crippen molar-refractivity contribution in [2.75, 3.05) is 13.1 Å². The average molecular weight is 257 g/mol. The van der Waals surface area contributed by atoms with Gasteiger partial charge in [0.05, 0.1) is 4.47 Å². The molecule has 2 heterocycles. The van der Waals surface area contributed by atoms with Gasteiger partial charge >= 0.3 is 0 Å². The predicted octanol–water partition coefficient (Wildman–Crippen LogP) is 1.22. The van der Waals surface area contributed by atoms with Crippen LogP contribution in [0.4, 0.5) is 0 Å². The van der Waals surface area contributed by atoms with E-state index in [4.69, 9.17) is 0 Å². The molecule has 1 aromatic heterocycles. The van der Waals surface area contributed by atoms with Crippen molar-refractivity contribution in [3.05, 3.63) is 33.2 Å². The van der Waals surface area contributed by atoms with Crippen LogP contribution in [0.15, 0.2) is 27.6 Å². The van der Waals surface area contributed by atoms with E-state index in [1.165, 1.54) is 0 Å². The predicted molar refractivity (Wildman–Crippen MR) is 59.4 cm³/mol. The second kappa shape index (κ2) is 4.28. The first-order chi connectivity index (χ1) is 6.77. The molecule has 76 valence electrons. The minimum Gasteiger partial charge on any atom is -0.316 e. The topological polar surface area (TPSA) is 34.0 Å². The molecule has 14 heavy (non-hydrogen) atoms. The van der Waals surface area contributed by atoms with Gasteiger partial charge in [0, 0.05) is 12.7 Å². The SMILES string of the molecule is O=c1c(Br)cccn1CCC1CNC1. The van der Waals surface area contributed by atoms with Gasteiger partial charge in [0.1, 0.15) is 0 Å². The Bertz CT molecular complexity index is 371. The van der Waals surface area contributed by atoms with E-state index in [2.05, 4.69) is 21.2 Å². The molecule has 4 heteroatoms. The Morgan fingerprint density at radius 2 is 2.36 bits per heavy atom. The summed E-state index contributed by atoms with van der Waals surface area (Å²) in [5.41, 5.74) is 0.0692. The average Bonchev–Trinajstić information content (AvgIpc) is 2.09. The van der Waals surface area contributed by atoms with Gasteiger partial charge in [0.25, 0.3) is 5.56 Å². The van der Waals surface area contributed by atoms with Crippen molar-refractivity contribution in [1.29, 1.82) is 0 Å². The van der Waals surface area contributed by atoms with Crippen LogP contribution in [0.5, 0.6) is 0 Å². The molecule has 0 spiro atoms. The zero-order valence-electron chi connectivity index (χ0n) is 7.87. The van der Waals surface area contributed by atoms with Gasteiger partial charge in [-0.15, -0.1) is 0 Å². The highest BCUT2D eigenvalue weighted by atomic mass is 79.9. The van der Waals surface area contributed by atoms with E-state index in [0.29, 0.717) is 4.47 Å². The molecular weight excluding hydrogens is 244 g/mol. The summed E-state index contributed by atoms with van der Waals surface area (Å²) in [4.78, 5) is 11.6. The van der Waals surface area contributed by atoms with Crippen molar-refractivity contribution in [2.45, 2.75) is 13.0 Å². The van der Waals surface area contributed by atoms with E-state index in [-0.39, 0.29) is 5.56 Å². The van der Waals surface area contributed by atoms with Gasteiger partial charge in [0.15, 0.2) is 0 Å². The number of rotatable bonds is 3. The summed E-state index contributed by atoms with van der Waals surface area (Å²) in [5.74, 6) is 0.751. The number of aromatic nitrogens is 1. The van der Waals surface area contributed by atoms with Crippen LogP contribution in [0.1, 0.15) is 6.42 Å². The fourth-order valence-corrected chi connectivity index (χ4v) is 1.94. The molecule has 0 radical (unpaired) electrons. The molecule has 1 aromatic rings. The lowest BCUT2D eigenvalue weighted by molar-refractivity contribution is 0.310. The largest absolute Gasteiger partial charge is 0.316 e. The van der Waals surface area contributed by atoms with E-state index in [1.54, 1.807) is 10.6 Å². The standard InChI is InChI=1S/C10H13BrN2O/c11-9-2-1-4-13(10(9)14)5-3-8-6-12-7-8/h1-2,4,8,12H,3,5-7H2. The van der Waals surface area contributed by atoms with Crippen molar-refractivity contribution in [2.24, 2.45) is 5.92 Å². The molecular formula is C10H13BrN2O. The number of hydrogen-bond donors (Lipinski definition) is 1.